The fourth-order valence-electron chi connectivity index (χ4n) is 1.84. The van der Waals surface area contributed by atoms with Crippen LogP contribution >= 0.6 is 0 Å². The molecule has 0 heterocycles. The molecule has 0 radical (unpaired) electrons. The summed E-state index contributed by atoms with van der Waals surface area (Å²) in [7, 11) is -3.41. The van der Waals surface area contributed by atoms with E-state index in [-0.39, 0.29) is 6.04 Å². The average Bonchev–Trinajstić information content (AvgIpc) is 2.40. The van der Waals surface area contributed by atoms with E-state index >= 15 is 0 Å². The van der Waals surface area contributed by atoms with E-state index in [4.69, 9.17) is 5.73 Å². The van der Waals surface area contributed by atoms with Crippen LogP contribution in [-0.2, 0) is 10.0 Å². The molecular formula is C14H24N2O2S. The van der Waals surface area contributed by atoms with Crippen LogP contribution in [0.5, 0.6) is 0 Å². The van der Waals surface area contributed by atoms with Crippen molar-refractivity contribution in [2.75, 3.05) is 6.54 Å². The number of sulfonamides is 1. The molecule has 1 atom stereocenters. The second-order valence-electron chi connectivity index (χ2n) is 4.89. The second kappa shape index (κ2) is 7.03. The van der Waals surface area contributed by atoms with Crippen LogP contribution < -0.4 is 10.5 Å². The van der Waals surface area contributed by atoms with Gasteiger partial charge in [0, 0.05) is 12.6 Å². The van der Waals surface area contributed by atoms with Crippen molar-refractivity contribution >= 4 is 10.0 Å². The first kappa shape index (κ1) is 16.1. The molecule has 0 aliphatic rings. The number of benzene rings is 1. The Morgan fingerprint density at radius 3 is 2.11 bits per heavy atom. The van der Waals surface area contributed by atoms with Crippen LogP contribution in [0.15, 0.2) is 29.2 Å². The minimum atomic E-state index is -3.41. The summed E-state index contributed by atoms with van der Waals surface area (Å²) in [5.41, 5.74) is 6.67. The molecule has 0 aromatic heterocycles. The minimum absolute atomic E-state index is 0.0886. The highest BCUT2D eigenvalue weighted by Gasteiger charge is 2.15. The van der Waals surface area contributed by atoms with Crippen LogP contribution in [0.3, 0.4) is 0 Å². The van der Waals surface area contributed by atoms with Gasteiger partial charge in [-0.2, -0.15) is 0 Å². The lowest BCUT2D eigenvalue weighted by molar-refractivity contribution is 0.479. The molecule has 19 heavy (non-hydrogen) atoms. The smallest absolute Gasteiger partial charge is 0.240 e. The molecule has 0 amide bonds. The molecule has 1 aromatic rings. The number of nitrogens with two attached hydrogens (primary N) is 1. The summed E-state index contributed by atoms with van der Waals surface area (Å²) < 4.78 is 26.9. The Morgan fingerprint density at radius 2 is 1.68 bits per heavy atom. The van der Waals surface area contributed by atoms with Crippen LogP contribution in [0.1, 0.15) is 45.2 Å². The van der Waals surface area contributed by atoms with Crippen molar-refractivity contribution in [2.45, 2.75) is 44.6 Å². The van der Waals surface area contributed by atoms with Gasteiger partial charge in [-0.25, -0.2) is 13.1 Å². The summed E-state index contributed by atoms with van der Waals surface area (Å²) >= 11 is 0. The van der Waals surface area contributed by atoms with E-state index in [0.717, 1.165) is 18.4 Å². The van der Waals surface area contributed by atoms with Crippen molar-refractivity contribution < 1.29 is 8.42 Å². The molecule has 0 aliphatic heterocycles. The van der Waals surface area contributed by atoms with Gasteiger partial charge in [0.2, 0.25) is 10.0 Å². The summed E-state index contributed by atoms with van der Waals surface area (Å²) in [5.74, 6) is 0.387. The zero-order chi connectivity index (χ0) is 14.5. The van der Waals surface area contributed by atoms with Gasteiger partial charge in [-0.1, -0.05) is 38.8 Å². The standard InChI is InChI=1S/C14H24N2O2S/c1-4-12(5-2)10-16-19(17,18)14-8-6-13(7-9-14)11(3)15/h6-9,11-12,16H,4-5,10,15H2,1-3H3. The van der Waals surface area contributed by atoms with E-state index in [1.54, 1.807) is 24.3 Å². The van der Waals surface area contributed by atoms with Crippen molar-refractivity contribution in [3.8, 4) is 0 Å². The first-order chi connectivity index (χ1) is 8.90. The van der Waals surface area contributed by atoms with Gasteiger partial charge >= 0.3 is 0 Å². The summed E-state index contributed by atoms with van der Waals surface area (Å²) in [5, 5.41) is 0. The zero-order valence-electron chi connectivity index (χ0n) is 11.9. The average molecular weight is 284 g/mol. The Balaban J connectivity index is 2.77. The zero-order valence-corrected chi connectivity index (χ0v) is 12.7. The van der Waals surface area contributed by atoms with Gasteiger partial charge in [0.1, 0.15) is 0 Å². The van der Waals surface area contributed by atoms with Gasteiger partial charge in [0.25, 0.3) is 0 Å². The molecule has 3 N–H and O–H groups in total. The molecule has 1 aromatic carbocycles. The molecule has 108 valence electrons. The Bertz CT molecular complexity index is 477. The van der Waals surface area contributed by atoms with Crippen molar-refractivity contribution in [3.63, 3.8) is 0 Å². The van der Waals surface area contributed by atoms with Crippen molar-refractivity contribution in [2.24, 2.45) is 11.7 Å². The lowest BCUT2D eigenvalue weighted by atomic mass is 10.0. The van der Waals surface area contributed by atoms with E-state index in [1.165, 1.54) is 0 Å². The lowest BCUT2D eigenvalue weighted by Gasteiger charge is -2.14. The Morgan fingerprint density at radius 1 is 1.16 bits per heavy atom. The number of hydrogen-bond donors (Lipinski definition) is 2. The third kappa shape index (κ3) is 4.60. The van der Waals surface area contributed by atoms with Gasteiger partial charge in [-0.05, 0) is 30.5 Å². The van der Waals surface area contributed by atoms with E-state index < -0.39 is 10.0 Å². The Kier molecular flexibility index (Phi) is 5.97. The highest BCUT2D eigenvalue weighted by Crippen LogP contribution is 2.15. The highest BCUT2D eigenvalue weighted by atomic mass is 32.2. The van der Waals surface area contributed by atoms with Crippen LogP contribution in [-0.4, -0.2) is 15.0 Å². The molecule has 0 bridgehead atoms. The fourth-order valence-corrected chi connectivity index (χ4v) is 2.95. The summed E-state index contributed by atoms with van der Waals surface area (Å²) in [6.07, 6.45) is 1.95. The second-order valence-corrected chi connectivity index (χ2v) is 6.66. The minimum Gasteiger partial charge on any atom is -0.324 e. The number of nitrogens with one attached hydrogen (secondary N) is 1. The number of hydrogen-bond acceptors (Lipinski definition) is 3. The third-order valence-electron chi connectivity index (χ3n) is 3.43. The molecule has 1 rings (SSSR count). The van der Waals surface area contributed by atoms with Crippen molar-refractivity contribution in [1.82, 2.24) is 4.72 Å². The van der Waals surface area contributed by atoms with E-state index in [2.05, 4.69) is 18.6 Å². The molecule has 0 saturated carbocycles. The fraction of sp³-hybridized carbons (Fsp3) is 0.571. The third-order valence-corrected chi connectivity index (χ3v) is 4.87. The maximum absolute atomic E-state index is 12.1. The van der Waals surface area contributed by atoms with Crippen LogP contribution in [0.4, 0.5) is 0 Å². The SMILES string of the molecule is CCC(CC)CNS(=O)(=O)c1ccc(C(C)N)cc1. The summed E-state index contributed by atoms with van der Waals surface area (Å²) in [4.78, 5) is 0.294. The predicted octanol–water partition coefficient (Wildman–Crippen LogP) is 2.42. The maximum Gasteiger partial charge on any atom is 0.240 e. The van der Waals surface area contributed by atoms with Crippen LogP contribution in [0, 0.1) is 5.92 Å². The molecule has 4 nitrogen and oxygen atoms in total. The van der Waals surface area contributed by atoms with Gasteiger partial charge in [0.15, 0.2) is 0 Å². The van der Waals surface area contributed by atoms with Gasteiger partial charge in [-0.3, -0.25) is 0 Å². The molecule has 0 aliphatic carbocycles. The lowest BCUT2D eigenvalue weighted by Crippen LogP contribution is -2.29. The molecule has 0 fully saturated rings. The Labute approximate surface area is 116 Å². The molecular weight excluding hydrogens is 260 g/mol. The molecule has 5 heteroatoms. The van der Waals surface area contributed by atoms with Crippen LogP contribution in [0.25, 0.3) is 0 Å². The van der Waals surface area contributed by atoms with Gasteiger partial charge in [0.05, 0.1) is 4.90 Å². The van der Waals surface area contributed by atoms with E-state index in [9.17, 15) is 8.42 Å². The van der Waals surface area contributed by atoms with E-state index in [0.29, 0.717) is 17.4 Å². The van der Waals surface area contributed by atoms with Crippen LogP contribution in [0.2, 0.25) is 0 Å². The predicted molar refractivity (Wildman–Crippen MR) is 78.3 cm³/mol. The van der Waals surface area contributed by atoms with E-state index in [1.807, 2.05) is 6.92 Å². The molecule has 0 spiro atoms. The summed E-state index contributed by atoms with van der Waals surface area (Å²) in [6.45, 7) is 6.50. The van der Waals surface area contributed by atoms with Gasteiger partial charge < -0.3 is 5.73 Å². The molecule has 1 unspecified atom stereocenters. The van der Waals surface area contributed by atoms with Gasteiger partial charge in [-0.15, -0.1) is 0 Å². The normalized spacial score (nSPS) is 13.7. The van der Waals surface area contributed by atoms with Crippen molar-refractivity contribution in [3.05, 3.63) is 29.8 Å². The molecule has 0 saturated heterocycles. The Hall–Kier alpha value is -0.910. The summed E-state index contributed by atoms with van der Waals surface area (Å²) in [6, 6.07) is 6.64. The topological polar surface area (TPSA) is 72.2 Å². The highest BCUT2D eigenvalue weighted by molar-refractivity contribution is 7.89. The quantitative estimate of drug-likeness (QED) is 0.807. The first-order valence-electron chi connectivity index (χ1n) is 6.75. The van der Waals surface area contributed by atoms with Crippen molar-refractivity contribution in [1.29, 1.82) is 0 Å². The maximum atomic E-state index is 12.1. The number of rotatable bonds is 7. The monoisotopic (exact) mass is 284 g/mol. The largest absolute Gasteiger partial charge is 0.324 e. The first-order valence-corrected chi connectivity index (χ1v) is 8.24.